The molecule has 15 heavy (non-hydrogen) atoms. The Kier molecular flexibility index (Phi) is 3.45. The predicted molar refractivity (Wildman–Crippen MR) is 64.9 cm³/mol. The molecule has 82 valence electrons. The number of hydrogen-bond donors (Lipinski definition) is 1. The second-order valence-corrected chi connectivity index (χ2v) is 5.19. The lowest BCUT2D eigenvalue weighted by Crippen LogP contribution is -2.17. The normalized spacial score (nSPS) is 27.4. The molecule has 0 spiro atoms. The monoisotopic (exact) mass is 224 g/mol. The highest BCUT2D eigenvalue weighted by Crippen LogP contribution is 2.44. The van der Waals surface area contributed by atoms with Gasteiger partial charge in [0.2, 0.25) is 5.12 Å². The van der Waals surface area contributed by atoms with E-state index in [1.165, 1.54) is 11.8 Å². The molecule has 0 amide bonds. The van der Waals surface area contributed by atoms with Crippen LogP contribution in [0.15, 0.2) is 35.6 Å². The maximum absolute atomic E-state index is 11.6. The third kappa shape index (κ3) is 2.17. The minimum Gasteiger partial charge on any atom is -0.510 e. The van der Waals surface area contributed by atoms with Gasteiger partial charge in [-0.15, -0.1) is 0 Å². The highest BCUT2D eigenvalue weighted by atomic mass is 32.2. The molecule has 1 aliphatic heterocycles. The van der Waals surface area contributed by atoms with Crippen molar-refractivity contribution < 1.29 is 9.90 Å². The maximum atomic E-state index is 11.6. The molecule has 3 heteroatoms. The second-order valence-electron chi connectivity index (χ2n) is 3.77. The average Bonchev–Trinajstić information content (AvgIpc) is 2.37. The van der Waals surface area contributed by atoms with E-state index >= 15 is 0 Å². The van der Waals surface area contributed by atoms with Crippen LogP contribution in [0.1, 0.15) is 27.2 Å². The minimum absolute atomic E-state index is 0.0226. The molecule has 0 aromatic carbocycles. The summed E-state index contributed by atoms with van der Waals surface area (Å²) in [5, 5.41) is 9.96. The van der Waals surface area contributed by atoms with Crippen molar-refractivity contribution in [2.45, 2.75) is 31.9 Å². The molecule has 0 aromatic rings. The van der Waals surface area contributed by atoms with Crippen LogP contribution in [-0.4, -0.2) is 15.0 Å². The van der Waals surface area contributed by atoms with Gasteiger partial charge in [-0.1, -0.05) is 43.0 Å². The zero-order chi connectivity index (χ0) is 11.6. The zero-order valence-electron chi connectivity index (χ0n) is 9.33. The molecule has 1 atom stereocenters. The summed E-state index contributed by atoms with van der Waals surface area (Å²) in [6.07, 6.45) is 4.17. The van der Waals surface area contributed by atoms with E-state index in [2.05, 4.69) is 6.58 Å². The number of hydrogen-bond acceptors (Lipinski definition) is 3. The Morgan fingerprint density at radius 3 is 2.67 bits per heavy atom. The first-order chi connectivity index (χ1) is 6.94. The SMILES string of the molecule is C=C/C(C)=C\[C@@]1(C)SC(=O)C(CC)=C1O. The Morgan fingerprint density at radius 1 is 1.67 bits per heavy atom. The Bertz CT molecular complexity index is 366. The summed E-state index contributed by atoms with van der Waals surface area (Å²) >= 11 is 1.17. The van der Waals surface area contributed by atoms with Crippen molar-refractivity contribution in [3.05, 3.63) is 35.6 Å². The number of thioether (sulfide) groups is 1. The van der Waals surface area contributed by atoms with Crippen molar-refractivity contribution in [3.8, 4) is 0 Å². The molecule has 0 fully saturated rings. The van der Waals surface area contributed by atoms with Crippen molar-refractivity contribution in [3.63, 3.8) is 0 Å². The molecular weight excluding hydrogens is 208 g/mol. The van der Waals surface area contributed by atoms with Crippen LogP contribution in [0.5, 0.6) is 0 Å². The number of aliphatic hydroxyl groups is 1. The first-order valence-corrected chi connectivity index (χ1v) is 5.74. The van der Waals surface area contributed by atoms with Crippen molar-refractivity contribution in [2.75, 3.05) is 0 Å². The highest BCUT2D eigenvalue weighted by Gasteiger charge is 2.41. The van der Waals surface area contributed by atoms with Gasteiger partial charge < -0.3 is 5.11 Å². The maximum Gasteiger partial charge on any atom is 0.220 e. The smallest absolute Gasteiger partial charge is 0.220 e. The number of rotatable bonds is 3. The van der Waals surface area contributed by atoms with E-state index in [0.29, 0.717) is 12.0 Å². The van der Waals surface area contributed by atoms with Crippen molar-refractivity contribution in [2.24, 2.45) is 0 Å². The van der Waals surface area contributed by atoms with Gasteiger partial charge in [0, 0.05) is 5.57 Å². The van der Waals surface area contributed by atoms with Gasteiger partial charge in [-0.2, -0.15) is 0 Å². The summed E-state index contributed by atoms with van der Waals surface area (Å²) in [6, 6.07) is 0. The molecule has 2 nitrogen and oxygen atoms in total. The number of carbonyl (C=O) groups is 1. The Labute approximate surface area is 94.8 Å². The van der Waals surface area contributed by atoms with Gasteiger partial charge in [0.05, 0.1) is 4.75 Å². The first kappa shape index (κ1) is 12.1. The summed E-state index contributed by atoms with van der Waals surface area (Å²) in [4.78, 5) is 11.6. The van der Waals surface area contributed by atoms with Gasteiger partial charge in [0.15, 0.2) is 0 Å². The van der Waals surface area contributed by atoms with Crippen molar-refractivity contribution in [1.29, 1.82) is 0 Å². The molecule has 0 saturated carbocycles. The van der Waals surface area contributed by atoms with Crippen LogP contribution in [0.4, 0.5) is 0 Å². The Balaban J connectivity index is 3.14. The van der Waals surface area contributed by atoms with Crippen LogP contribution >= 0.6 is 11.8 Å². The number of carbonyl (C=O) groups excluding carboxylic acids is 1. The van der Waals surface area contributed by atoms with E-state index < -0.39 is 4.75 Å². The van der Waals surface area contributed by atoms with Gasteiger partial charge in [-0.25, -0.2) is 0 Å². The zero-order valence-corrected chi connectivity index (χ0v) is 10.1. The lowest BCUT2D eigenvalue weighted by molar-refractivity contribution is -0.107. The van der Waals surface area contributed by atoms with E-state index in [4.69, 9.17) is 0 Å². The average molecular weight is 224 g/mol. The Morgan fingerprint density at radius 2 is 2.27 bits per heavy atom. The Hall–Kier alpha value is -0.960. The second kappa shape index (κ2) is 4.27. The lowest BCUT2D eigenvalue weighted by Gasteiger charge is -2.18. The number of aliphatic hydroxyl groups excluding tert-OH is 1. The van der Waals surface area contributed by atoms with Crippen molar-refractivity contribution >= 4 is 16.9 Å². The quantitative estimate of drug-likeness (QED) is 0.747. The molecule has 1 heterocycles. The van der Waals surface area contributed by atoms with Gasteiger partial charge in [0.1, 0.15) is 5.76 Å². The molecule has 0 bridgehead atoms. The van der Waals surface area contributed by atoms with E-state index in [0.717, 1.165) is 5.57 Å². The fourth-order valence-corrected chi connectivity index (χ4v) is 2.82. The largest absolute Gasteiger partial charge is 0.510 e. The van der Waals surface area contributed by atoms with Gasteiger partial charge >= 0.3 is 0 Å². The highest BCUT2D eigenvalue weighted by molar-refractivity contribution is 8.16. The summed E-state index contributed by atoms with van der Waals surface area (Å²) < 4.78 is -0.610. The first-order valence-electron chi connectivity index (χ1n) is 4.92. The van der Waals surface area contributed by atoms with Crippen LogP contribution in [0.2, 0.25) is 0 Å². The van der Waals surface area contributed by atoms with Gasteiger partial charge in [0.25, 0.3) is 0 Å². The molecule has 1 N–H and O–H groups in total. The molecule has 0 aliphatic carbocycles. The summed E-state index contributed by atoms with van der Waals surface area (Å²) in [5.74, 6) is 0.196. The third-order valence-electron chi connectivity index (χ3n) is 2.49. The third-order valence-corrected chi connectivity index (χ3v) is 3.65. The summed E-state index contributed by atoms with van der Waals surface area (Å²) in [5.41, 5.74) is 1.50. The molecular formula is C12H16O2S. The van der Waals surface area contributed by atoms with E-state index in [1.54, 1.807) is 6.08 Å². The molecule has 0 saturated heterocycles. The van der Waals surface area contributed by atoms with Crippen molar-refractivity contribution in [1.82, 2.24) is 0 Å². The summed E-state index contributed by atoms with van der Waals surface area (Å²) in [7, 11) is 0. The lowest BCUT2D eigenvalue weighted by atomic mass is 10.0. The van der Waals surface area contributed by atoms with Crippen LogP contribution in [0.3, 0.4) is 0 Å². The molecule has 0 aromatic heterocycles. The minimum atomic E-state index is -0.610. The molecule has 1 rings (SSSR count). The fourth-order valence-electron chi connectivity index (χ4n) is 1.60. The fraction of sp³-hybridized carbons (Fsp3) is 0.417. The van der Waals surface area contributed by atoms with Crippen LogP contribution in [0, 0.1) is 0 Å². The summed E-state index contributed by atoms with van der Waals surface area (Å²) in [6.45, 7) is 9.28. The van der Waals surface area contributed by atoms with Crippen LogP contribution < -0.4 is 0 Å². The number of allylic oxidation sites excluding steroid dienone is 2. The standard InChI is InChI=1S/C12H16O2S/c1-5-8(3)7-12(4)10(13)9(6-2)11(14)15-12/h5,7,13H,1,6H2,2-4H3/b8-7-/t12-/m1/s1. The van der Waals surface area contributed by atoms with Crippen LogP contribution in [0.25, 0.3) is 0 Å². The molecule has 0 unspecified atom stereocenters. The molecule has 1 aliphatic rings. The van der Waals surface area contributed by atoms with E-state index in [-0.39, 0.29) is 10.9 Å². The van der Waals surface area contributed by atoms with E-state index in [1.807, 2.05) is 26.8 Å². The topological polar surface area (TPSA) is 37.3 Å². The van der Waals surface area contributed by atoms with E-state index in [9.17, 15) is 9.90 Å². The van der Waals surface area contributed by atoms with Gasteiger partial charge in [-0.05, 0) is 20.3 Å². The van der Waals surface area contributed by atoms with Crippen LogP contribution in [-0.2, 0) is 4.79 Å². The molecule has 0 radical (unpaired) electrons. The predicted octanol–water partition coefficient (Wildman–Crippen LogP) is 3.37. The van der Waals surface area contributed by atoms with Gasteiger partial charge in [-0.3, -0.25) is 4.79 Å².